The summed E-state index contributed by atoms with van der Waals surface area (Å²) in [7, 11) is -3.80. The highest BCUT2D eigenvalue weighted by atomic mass is 32.2. The Balaban J connectivity index is 2.10. The SMILES string of the molecule is Cc1ccc(S(=O)(=O)c2nc(-c3cccc(C)c3)oc2NCC(C)C)cc1. The third-order valence-electron chi connectivity index (χ3n) is 4.12. The molecule has 0 saturated carbocycles. The number of benzene rings is 2. The molecule has 3 rings (SSSR count). The maximum atomic E-state index is 13.2. The number of hydrogen-bond acceptors (Lipinski definition) is 5. The molecule has 1 N–H and O–H groups in total. The van der Waals surface area contributed by atoms with Gasteiger partial charge in [-0.1, -0.05) is 49.2 Å². The van der Waals surface area contributed by atoms with Crippen molar-refractivity contribution < 1.29 is 12.8 Å². The molecule has 0 saturated heterocycles. The molecule has 5 nitrogen and oxygen atoms in total. The van der Waals surface area contributed by atoms with Gasteiger partial charge in [-0.15, -0.1) is 0 Å². The molecule has 3 aromatic rings. The van der Waals surface area contributed by atoms with Crippen LogP contribution in [0.15, 0.2) is 62.9 Å². The molecule has 142 valence electrons. The summed E-state index contributed by atoms with van der Waals surface area (Å²) in [6.45, 7) is 8.54. The van der Waals surface area contributed by atoms with Gasteiger partial charge in [-0.05, 0) is 44.0 Å². The van der Waals surface area contributed by atoms with Gasteiger partial charge in [0.2, 0.25) is 26.6 Å². The fourth-order valence-corrected chi connectivity index (χ4v) is 3.91. The molecular weight excluding hydrogens is 360 g/mol. The maximum Gasteiger partial charge on any atom is 0.233 e. The first-order valence-corrected chi connectivity index (χ1v) is 10.4. The van der Waals surface area contributed by atoms with E-state index in [1.165, 1.54) is 0 Å². The van der Waals surface area contributed by atoms with Crippen molar-refractivity contribution in [2.45, 2.75) is 37.6 Å². The molecule has 0 unspecified atom stereocenters. The van der Waals surface area contributed by atoms with Crippen LogP contribution in [0.4, 0.5) is 5.88 Å². The minimum atomic E-state index is -3.80. The first-order chi connectivity index (χ1) is 12.8. The third-order valence-corrected chi connectivity index (χ3v) is 5.80. The molecule has 1 heterocycles. The Morgan fingerprint density at radius 2 is 1.74 bits per heavy atom. The molecule has 0 fully saturated rings. The number of aryl methyl sites for hydroxylation is 2. The number of nitrogens with zero attached hydrogens (tertiary/aromatic N) is 1. The average Bonchev–Trinajstić information content (AvgIpc) is 3.05. The predicted molar refractivity (Wildman–Crippen MR) is 107 cm³/mol. The number of anilines is 1. The van der Waals surface area contributed by atoms with Crippen molar-refractivity contribution >= 4 is 15.7 Å². The van der Waals surface area contributed by atoms with Gasteiger partial charge in [0.05, 0.1) is 4.90 Å². The van der Waals surface area contributed by atoms with E-state index < -0.39 is 9.84 Å². The number of oxazole rings is 1. The summed E-state index contributed by atoms with van der Waals surface area (Å²) in [5.74, 6) is 0.795. The van der Waals surface area contributed by atoms with Gasteiger partial charge in [-0.3, -0.25) is 0 Å². The fraction of sp³-hybridized carbons (Fsp3) is 0.286. The largest absolute Gasteiger partial charge is 0.419 e. The summed E-state index contributed by atoms with van der Waals surface area (Å²) in [6, 6.07) is 14.4. The van der Waals surface area contributed by atoms with Crippen LogP contribution in [0.2, 0.25) is 0 Å². The van der Waals surface area contributed by atoms with Crippen LogP contribution in [0.5, 0.6) is 0 Å². The van der Waals surface area contributed by atoms with Gasteiger partial charge >= 0.3 is 0 Å². The van der Waals surface area contributed by atoms with Crippen LogP contribution in [-0.4, -0.2) is 19.9 Å². The molecule has 0 spiro atoms. The number of nitrogens with one attached hydrogen (secondary N) is 1. The molecule has 0 radical (unpaired) electrons. The molecule has 0 aliphatic heterocycles. The summed E-state index contributed by atoms with van der Waals surface area (Å²) in [6.07, 6.45) is 0. The lowest BCUT2D eigenvalue weighted by molar-refractivity contribution is 0.567. The standard InChI is InChI=1S/C21H24N2O3S/c1-14(2)13-22-20-21(27(24,25)18-10-8-15(3)9-11-18)23-19(26-20)17-7-5-6-16(4)12-17/h5-12,14,22H,13H2,1-4H3. The van der Waals surface area contributed by atoms with E-state index in [1.54, 1.807) is 24.3 Å². The Kier molecular flexibility index (Phi) is 5.37. The van der Waals surface area contributed by atoms with E-state index >= 15 is 0 Å². The van der Waals surface area contributed by atoms with E-state index in [1.807, 2.05) is 52.0 Å². The monoisotopic (exact) mass is 384 g/mol. The van der Waals surface area contributed by atoms with Crippen LogP contribution >= 0.6 is 0 Å². The molecule has 1 aromatic heterocycles. The quantitative estimate of drug-likeness (QED) is 0.657. The van der Waals surface area contributed by atoms with E-state index in [9.17, 15) is 8.42 Å². The minimum absolute atomic E-state index is 0.0801. The van der Waals surface area contributed by atoms with Crippen molar-refractivity contribution in [1.29, 1.82) is 0 Å². The zero-order chi connectivity index (χ0) is 19.6. The van der Waals surface area contributed by atoms with Gasteiger partial charge in [0.15, 0.2) is 0 Å². The molecular formula is C21H24N2O3S. The Hall–Kier alpha value is -2.60. The van der Waals surface area contributed by atoms with Gasteiger partial charge in [-0.25, -0.2) is 8.42 Å². The summed E-state index contributed by atoms with van der Waals surface area (Å²) in [4.78, 5) is 4.55. The molecule has 0 aliphatic carbocycles. The van der Waals surface area contributed by atoms with Crippen molar-refractivity contribution in [3.8, 4) is 11.5 Å². The van der Waals surface area contributed by atoms with Gasteiger partial charge < -0.3 is 9.73 Å². The highest BCUT2D eigenvalue weighted by Crippen LogP contribution is 2.32. The van der Waals surface area contributed by atoms with Gasteiger partial charge in [0.25, 0.3) is 0 Å². The summed E-state index contributed by atoms with van der Waals surface area (Å²) >= 11 is 0. The highest BCUT2D eigenvalue weighted by Gasteiger charge is 2.28. The number of hydrogen-bond donors (Lipinski definition) is 1. The molecule has 0 amide bonds. The van der Waals surface area contributed by atoms with E-state index in [0.29, 0.717) is 12.5 Å². The highest BCUT2D eigenvalue weighted by molar-refractivity contribution is 7.91. The van der Waals surface area contributed by atoms with E-state index in [0.717, 1.165) is 16.7 Å². The second-order valence-electron chi connectivity index (χ2n) is 7.11. The zero-order valence-electron chi connectivity index (χ0n) is 16.0. The Morgan fingerprint density at radius 1 is 1.04 bits per heavy atom. The minimum Gasteiger partial charge on any atom is -0.419 e. The smallest absolute Gasteiger partial charge is 0.233 e. The summed E-state index contributed by atoms with van der Waals surface area (Å²) in [5.41, 5.74) is 2.78. The molecule has 0 atom stereocenters. The first kappa shape index (κ1) is 19.2. The van der Waals surface area contributed by atoms with Gasteiger partial charge in [-0.2, -0.15) is 4.98 Å². The summed E-state index contributed by atoms with van der Waals surface area (Å²) in [5, 5.41) is 3.02. The molecule has 27 heavy (non-hydrogen) atoms. The van der Waals surface area contributed by atoms with Gasteiger partial charge in [0.1, 0.15) is 0 Å². The van der Waals surface area contributed by atoms with E-state index in [4.69, 9.17) is 4.42 Å². The number of aromatic nitrogens is 1. The fourth-order valence-electron chi connectivity index (χ4n) is 2.63. The van der Waals surface area contributed by atoms with E-state index in [-0.39, 0.29) is 21.7 Å². The van der Waals surface area contributed by atoms with Crippen LogP contribution in [0.3, 0.4) is 0 Å². The average molecular weight is 385 g/mol. The van der Waals surface area contributed by atoms with Crippen LogP contribution in [0.1, 0.15) is 25.0 Å². The topological polar surface area (TPSA) is 72.2 Å². The second-order valence-corrected chi connectivity index (χ2v) is 8.98. The van der Waals surface area contributed by atoms with Crippen molar-refractivity contribution in [1.82, 2.24) is 4.98 Å². The van der Waals surface area contributed by atoms with Crippen molar-refractivity contribution in [3.05, 3.63) is 59.7 Å². The lowest BCUT2D eigenvalue weighted by Gasteiger charge is -2.08. The normalized spacial score (nSPS) is 11.7. The maximum absolute atomic E-state index is 13.2. The Labute approximate surface area is 160 Å². The second kappa shape index (κ2) is 7.56. The Morgan fingerprint density at radius 3 is 2.37 bits per heavy atom. The molecule has 0 aliphatic rings. The molecule has 0 bridgehead atoms. The van der Waals surface area contributed by atoms with Crippen LogP contribution in [0.25, 0.3) is 11.5 Å². The lowest BCUT2D eigenvalue weighted by Crippen LogP contribution is -2.11. The van der Waals surface area contributed by atoms with Crippen LogP contribution < -0.4 is 5.32 Å². The zero-order valence-corrected chi connectivity index (χ0v) is 16.8. The number of sulfone groups is 1. The van der Waals surface area contributed by atoms with Crippen LogP contribution in [0, 0.1) is 19.8 Å². The lowest BCUT2D eigenvalue weighted by atomic mass is 10.1. The van der Waals surface area contributed by atoms with Crippen LogP contribution in [-0.2, 0) is 9.84 Å². The van der Waals surface area contributed by atoms with Crippen molar-refractivity contribution in [3.63, 3.8) is 0 Å². The number of rotatable bonds is 6. The Bertz CT molecular complexity index is 1040. The third kappa shape index (κ3) is 4.22. The molecule has 2 aromatic carbocycles. The predicted octanol–water partition coefficient (Wildman–Crippen LogP) is 4.86. The first-order valence-electron chi connectivity index (χ1n) is 8.91. The summed E-state index contributed by atoms with van der Waals surface area (Å²) < 4.78 is 32.2. The van der Waals surface area contributed by atoms with Gasteiger partial charge in [0, 0.05) is 12.1 Å². The van der Waals surface area contributed by atoms with Crippen molar-refractivity contribution in [2.75, 3.05) is 11.9 Å². The van der Waals surface area contributed by atoms with E-state index in [2.05, 4.69) is 10.3 Å². The van der Waals surface area contributed by atoms with Crippen molar-refractivity contribution in [2.24, 2.45) is 5.92 Å². The molecule has 6 heteroatoms.